The minimum absolute atomic E-state index is 0.00301. The van der Waals surface area contributed by atoms with Crippen molar-refractivity contribution in [2.75, 3.05) is 13.7 Å². The average molecular weight is 273 g/mol. The van der Waals surface area contributed by atoms with Crippen LogP contribution in [-0.4, -0.2) is 13.7 Å². The summed E-state index contributed by atoms with van der Waals surface area (Å²) in [7, 11) is 1.67. The number of methoxy groups -OCH3 is 1. The zero-order valence-electron chi connectivity index (χ0n) is 12.1. The SMILES string of the molecule is CCNC(c1ccc(F)cc1C)c1ccccc1OC. The normalized spacial score (nSPS) is 12.2. The Hall–Kier alpha value is -1.87. The molecule has 2 aromatic rings. The summed E-state index contributed by atoms with van der Waals surface area (Å²) in [6, 6.07) is 12.8. The molecule has 0 aliphatic carbocycles. The first-order valence-electron chi connectivity index (χ1n) is 6.79. The molecule has 0 aliphatic rings. The molecule has 3 heteroatoms. The van der Waals surface area contributed by atoms with Crippen LogP contribution >= 0.6 is 0 Å². The smallest absolute Gasteiger partial charge is 0.123 e. The van der Waals surface area contributed by atoms with Crippen LogP contribution in [0.25, 0.3) is 0 Å². The third-order valence-electron chi connectivity index (χ3n) is 3.40. The molecule has 2 rings (SSSR count). The average Bonchev–Trinajstić information content (AvgIpc) is 2.45. The molecule has 0 radical (unpaired) electrons. The third-order valence-corrected chi connectivity index (χ3v) is 3.40. The van der Waals surface area contributed by atoms with Crippen molar-refractivity contribution in [2.45, 2.75) is 19.9 Å². The molecule has 1 N–H and O–H groups in total. The fourth-order valence-electron chi connectivity index (χ4n) is 2.46. The summed E-state index contributed by atoms with van der Waals surface area (Å²) >= 11 is 0. The van der Waals surface area contributed by atoms with Crippen LogP contribution in [-0.2, 0) is 0 Å². The number of hydrogen-bond acceptors (Lipinski definition) is 2. The van der Waals surface area contributed by atoms with Gasteiger partial charge in [0, 0.05) is 5.56 Å². The maximum Gasteiger partial charge on any atom is 0.123 e. The molecule has 0 aromatic heterocycles. The summed E-state index contributed by atoms with van der Waals surface area (Å²) < 4.78 is 18.7. The van der Waals surface area contributed by atoms with Gasteiger partial charge < -0.3 is 10.1 Å². The Labute approximate surface area is 119 Å². The minimum Gasteiger partial charge on any atom is -0.496 e. The van der Waals surface area contributed by atoms with Gasteiger partial charge in [0.2, 0.25) is 0 Å². The van der Waals surface area contributed by atoms with Gasteiger partial charge in [0.1, 0.15) is 11.6 Å². The second kappa shape index (κ2) is 6.53. The maximum absolute atomic E-state index is 13.3. The molecular weight excluding hydrogens is 253 g/mol. The Balaban J connectivity index is 2.50. The van der Waals surface area contributed by atoms with E-state index in [9.17, 15) is 4.39 Å². The van der Waals surface area contributed by atoms with Gasteiger partial charge in [-0.1, -0.05) is 31.2 Å². The van der Waals surface area contributed by atoms with E-state index in [1.807, 2.05) is 37.3 Å². The van der Waals surface area contributed by atoms with Crippen LogP contribution < -0.4 is 10.1 Å². The van der Waals surface area contributed by atoms with Gasteiger partial charge in [0.15, 0.2) is 0 Å². The van der Waals surface area contributed by atoms with Gasteiger partial charge >= 0.3 is 0 Å². The quantitative estimate of drug-likeness (QED) is 0.893. The number of nitrogens with one attached hydrogen (secondary N) is 1. The lowest BCUT2D eigenvalue weighted by Gasteiger charge is -2.23. The minimum atomic E-state index is -0.207. The lowest BCUT2D eigenvalue weighted by molar-refractivity contribution is 0.404. The molecule has 20 heavy (non-hydrogen) atoms. The van der Waals surface area contributed by atoms with E-state index < -0.39 is 0 Å². The molecule has 2 nitrogen and oxygen atoms in total. The summed E-state index contributed by atoms with van der Waals surface area (Å²) in [6.07, 6.45) is 0. The first-order chi connectivity index (χ1) is 9.67. The van der Waals surface area contributed by atoms with Crippen LogP contribution in [0.2, 0.25) is 0 Å². The second-order valence-corrected chi connectivity index (χ2v) is 4.73. The highest BCUT2D eigenvalue weighted by atomic mass is 19.1. The van der Waals surface area contributed by atoms with Crippen LogP contribution in [0.5, 0.6) is 5.75 Å². The number of hydrogen-bond donors (Lipinski definition) is 1. The maximum atomic E-state index is 13.3. The lowest BCUT2D eigenvalue weighted by atomic mass is 9.94. The van der Waals surface area contributed by atoms with Crippen molar-refractivity contribution >= 4 is 0 Å². The van der Waals surface area contributed by atoms with Crippen LogP contribution in [0.1, 0.15) is 29.7 Å². The van der Waals surface area contributed by atoms with Gasteiger partial charge in [-0.05, 0) is 42.8 Å². The Morgan fingerprint density at radius 3 is 2.55 bits per heavy atom. The van der Waals surface area contributed by atoms with Crippen molar-refractivity contribution in [3.63, 3.8) is 0 Å². The molecule has 0 spiro atoms. The molecule has 1 unspecified atom stereocenters. The molecule has 0 bridgehead atoms. The summed E-state index contributed by atoms with van der Waals surface area (Å²) in [6.45, 7) is 4.80. The third kappa shape index (κ3) is 2.99. The Morgan fingerprint density at radius 1 is 1.15 bits per heavy atom. The zero-order chi connectivity index (χ0) is 14.5. The number of ether oxygens (including phenoxy) is 1. The predicted octanol–water partition coefficient (Wildman–Crippen LogP) is 3.84. The topological polar surface area (TPSA) is 21.3 Å². The highest BCUT2D eigenvalue weighted by molar-refractivity contribution is 5.44. The number of para-hydroxylation sites is 1. The molecular formula is C17H20FNO. The molecule has 2 aromatic carbocycles. The molecule has 0 amide bonds. The summed E-state index contributed by atoms with van der Waals surface area (Å²) in [5.74, 6) is 0.628. The largest absolute Gasteiger partial charge is 0.496 e. The predicted molar refractivity (Wildman–Crippen MR) is 79.7 cm³/mol. The zero-order valence-corrected chi connectivity index (χ0v) is 12.1. The van der Waals surface area contributed by atoms with Gasteiger partial charge in [-0.25, -0.2) is 4.39 Å². The van der Waals surface area contributed by atoms with Crippen molar-refractivity contribution in [1.82, 2.24) is 5.32 Å². The van der Waals surface area contributed by atoms with Crippen LogP contribution in [0.15, 0.2) is 42.5 Å². The standard InChI is InChI=1S/C17H20FNO/c1-4-19-17(14-10-9-13(18)11-12(14)2)15-7-5-6-8-16(15)20-3/h5-11,17,19H,4H2,1-3H3. The number of benzene rings is 2. The van der Waals surface area contributed by atoms with E-state index in [0.717, 1.165) is 29.0 Å². The van der Waals surface area contributed by atoms with Crippen LogP contribution in [0, 0.1) is 12.7 Å². The van der Waals surface area contributed by atoms with E-state index in [-0.39, 0.29) is 11.9 Å². The lowest BCUT2D eigenvalue weighted by Crippen LogP contribution is -2.23. The highest BCUT2D eigenvalue weighted by Crippen LogP contribution is 2.31. The first-order valence-corrected chi connectivity index (χ1v) is 6.79. The van der Waals surface area contributed by atoms with Gasteiger partial charge in [-0.15, -0.1) is 0 Å². The second-order valence-electron chi connectivity index (χ2n) is 4.73. The van der Waals surface area contributed by atoms with E-state index in [4.69, 9.17) is 4.74 Å². The molecule has 0 saturated heterocycles. The molecule has 0 aliphatic heterocycles. The number of aryl methyl sites for hydroxylation is 1. The van der Waals surface area contributed by atoms with Crippen molar-refractivity contribution in [1.29, 1.82) is 0 Å². The van der Waals surface area contributed by atoms with Gasteiger partial charge in [-0.3, -0.25) is 0 Å². The fraction of sp³-hybridized carbons (Fsp3) is 0.294. The van der Waals surface area contributed by atoms with Crippen LogP contribution in [0.3, 0.4) is 0 Å². The van der Waals surface area contributed by atoms with Gasteiger partial charge in [-0.2, -0.15) is 0 Å². The van der Waals surface area contributed by atoms with E-state index in [0.29, 0.717) is 0 Å². The Bertz CT molecular complexity index is 583. The first kappa shape index (κ1) is 14.5. The summed E-state index contributed by atoms with van der Waals surface area (Å²) in [4.78, 5) is 0. The molecule has 1 atom stereocenters. The summed E-state index contributed by atoms with van der Waals surface area (Å²) in [5.41, 5.74) is 3.06. The Morgan fingerprint density at radius 2 is 1.90 bits per heavy atom. The monoisotopic (exact) mass is 273 g/mol. The van der Waals surface area contributed by atoms with Crippen molar-refractivity contribution < 1.29 is 9.13 Å². The van der Waals surface area contributed by atoms with E-state index in [1.54, 1.807) is 13.2 Å². The van der Waals surface area contributed by atoms with Crippen molar-refractivity contribution in [3.8, 4) is 5.75 Å². The molecule has 0 saturated carbocycles. The van der Waals surface area contributed by atoms with E-state index in [2.05, 4.69) is 12.2 Å². The van der Waals surface area contributed by atoms with E-state index >= 15 is 0 Å². The highest BCUT2D eigenvalue weighted by Gasteiger charge is 2.18. The molecule has 106 valence electrons. The molecule has 0 heterocycles. The van der Waals surface area contributed by atoms with E-state index in [1.165, 1.54) is 6.07 Å². The summed E-state index contributed by atoms with van der Waals surface area (Å²) in [5, 5.41) is 3.45. The van der Waals surface area contributed by atoms with Crippen LogP contribution in [0.4, 0.5) is 4.39 Å². The number of rotatable bonds is 5. The van der Waals surface area contributed by atoms with Gasteiger partial charge in [0.25, 0.3) is 0 Å². The number of halogens is 1. The van der Waals surface area contributed by atoms with Crippen molar-refractivity contribution in [2.24, 2.45) is 0 Å². The molecule has 0 fully saturated rings. The van der Waals surface area contributed by atoms with Gasteiger partial charge in [0.05, 0.1) is 13.2 Å². The van der Waals surface area contributed by atoms with Crippen molar-refractivity contribution in [3.05, 3.63) is 65.0 Å². The Kier molecular flexibility index (Phi) is 4.74. The fourth-order valence-corrected chi connectivity index (χ4v) is 2.46.